The van der Waals surface area contributed by atoms with Gasteiger partial charge in [0.25, 0.3) is 0 Å². The first kappa shape index (κ1) is 16.2. The second-order valence-corrected chi connectivity index (χ2v) is 9.41. The maximum Gasteiger partial charge on any atom is 0.151 e. The predicted molar refractivity (Wildman–Crippen MR) is 83.7 cm³/mol. The molecule has 1 aliphatic carbocycles. The SMILES string of the molecule is CNCC1(CN(C)C2CCS(=O)(=O)C2)CCC(C)CC1. The van der Waals surface area contributed by atoms with Crippen molar-refractivity contribution in [3.05, 3.63) is 0 Å². The van der Waals surface area contributed by atoms with Crippen LogP contribution in [-0.2, 0) is 9.84 Å². The van der Waals surface area contributed by atoms with E-state index in [-0.39, 0.29) is 6.04 Å². The van der Waals surface area contributed by atoms with Crippen molar-refractivity contribution < 1.29 is 8.42 Å². The maximum atomic E-state index is 11.6. The fourth-order valence-electron chi connectivity index (χ4n) is 3.92. The fourth-order valence-corrected chi connectivity index (χ4v) is 5.73. The lowest BCUT2D eigenvalue weighted by Crippen LogP contribution is -2.47. The van der Waals surface area contributed by atoms with Gasteiger partial charge in [-0.2, -0.15) is 0 Å². The van der Waals surface area contributed by atoms with E-state index in [0.29, 0.717) is 16.9 Å². The van der Waals surface area contributed by atoms with Gasteiger partial charge in [0, 0.05) is 19.1 Å². The molecule has 0 radical (unpaired) electrons. The van der Waals surface area contributed by atoms with E-state index in [0.717, 1.165) is 25.4 Å². The van der Waals surface area contributed by atoms with Crippen molar-refractivity contribution in [3.63, 3.8) is 0 Å². The van der Waals surface area contributed by atoms with Crippen molar-refractivity contribution >= 4 is 9.84 Å². The zero-order chi connectivity index (χ0) is 14.8. The minimum atomic E-state index is -2.78. The zero-order valence-electron chi connectivity index (χ0n) is 13.2. The van der Waals surface area contributed by atoms with Gasteiger partial charge in [0.05, 0.1) is 11.5 Å². The minimum absolute atomic E-state index is 0.230. The third kappa shape index (κ3) is 3.95. The second kappa shape index (κ2) is 6.32. The second-order valence-electron chi connectivity index (χ2n) is 7.18. The van der Waals surface area contributed by atoms with Crippen molar-refractivity contribution in [1.29, 1.82) is 0 Å². The first-order chi connectivity index (χ1) is 9.36. The van der Waals surface area contributed by atoms with Crippen molar-refractivity contribution in [2.45, 2.75) is 45.1 Å². The normalized spacial score (nSPS) is 37.4. The maximum absolute atomic E-state index is 11.6. The highest BCUT2D eigenvalue weighted by molar-refractivity contribution is 7.91. The van der Waals surface area contributed by atoms with Gasteiger partial charge < -0.3 is 10.2 Å². The van der Waals surface area contributed by atoms with Crippen molar-refractivity contribution in [3.8, 4) is 0 Å². The Balaban J connectivity index is 1.97. The Labute approximate surface area is 124 Å². The third-order valence-corrected chi connectivity index (χ3v) is 7.05. The highest BCUT2D eigenvalue weighted by atomic mass is 32.2. The minimum Gasteiger partial charge on any atom is -0.319 e. The largest absolute Gasteiger partial charge is 0.319 e. The molecule has 1 saturated heterocycles. The summed E-state index contributed by atoms with van der Waals surface area (Å²) in [6, 6.07) is 0.230. The molecule has 2 aliphatic rings. The number of sulfone groups is 1. The van der Waals surface area contributed by atoms with Crippen LogP contribution >= 0.6 is 0 Å². The quantitative estimate of drug-likeness (QED) is 0.836. The molecule has 1 N–H and O–H groups in total. The lowest BCUT2D eigenvalue weighted by Gasteiger charge is -2.43. The van der Waals surface area contributed by atoms with Gasteiger partial charge in [-0.3, -0.25) is 0 Å². The first-order valence-electron chi connectivity index (χ1n) is 7.91. The van der Waals surface area contributed by atoms with E-state index < -0.39 is 9.84 Å². The van der Waals surface area contributed by atoms with Gasteiger partial charge in [-0.25, -0.2) is 8.42 Å². The van der Waals surface area contributed by atoms with Crippen LogP contribution in [0.1, 0.15) is 39.0 Å². The number of nitrogens with zero attached hydrogens (tertiary/aromatic N) is 1. The Morgan fingerprint density at radius 3 is 2.40 bits per heavy atom. The molecule has 0 spiro atoms. The van der Waals surface area contributed by atoms with E-state index in [1.165, 1.54) is 25.7 Å². The smallest absolute Gasteiger partial charge is 0.151 e. The molecule has 5 heteroatoms. The van der Waals surface area contributed by atoms with Gasteiger partial charge in [-0.1, -0.05) is 19.8 Å². The van der Waals surface area contributed by atoms with Crippen LogP contribution in [0.4, 0.5) is 0 Å². The topological polar surface area (TPSA) is 49.4 Å². The van der Waals surface area contributed by atoms with Crippen LogP contribution < -0.4 is 5.32 Å². The molecule has 2 fully saturated rings. The number of hydrogen-bond donors (Lipinski definition) is 1. The molecule has 1 unspecified atom stereocenters. The van der Waals surface area contributed by atoms with Crippen LogP contribution in [-0.4, -0.2) is 58.1 Å². The molecule has 1 atom stereocenters. The molecular formula is C15H30N2O2S. The summed E-state index contributed by atoms with van der Waals surface area (Å²) in [5.74, 6) is 1.57. The van der Waals surface area contributed by atoms with E-state index >= 15 is 0 Å². The summed E-state index contributed by atoms with van der Waals surface area (Å²) in [4.78, 5) is 2.32. The van der Waals surface area contributed by atoms with Crippen LogP contribution in [0.3, 0.4) is 0 Å². The molecule has 1 heterocycles. The molecule has 0 aromatic carbocycles. The van der Waals surface area contributed by atoms with Crippen LogP contribution in [0, 0.1) is 11.3 Å². The summed E-state index contributed by atoms with van der Waals surface area (Å²) in [5, 5.41) is 3.36. The summed E-state index contributed by atoms with van der Waals surface area (Å²) < 4.78 is 23.3. The van der Waals surface area contributed by atoms with E-state index in [9.17, 15) is 8.42 Å². The molecular weight excluding hydrogens is 272 g/mol. The van der Waals surface area contributed by atoms with Gasteiger partial charge in [0.1, 0.15) is 0 Å². The summed E-state index contributed by atoms with van der Waals surface area (Å²) in [7, 11) is 1.36. The molecule has 1 aliphatic heterocycles. The summed E-state index contributed by atoms with van der Waals surface area (Å²) in [6.07, 6.45) is 5.94. The average molecular weight is 302 g/mol. The number of hydrogen-bond acceptors (Lipinski definition) is 4. The highest BCUT2D eigenvalue weighted by Gasteiger charge is 2.38. The molecule has 0 amide bonds. The summed E-state index contributed by atoms with van der Waals surface area (Å²) in [6.45, 7) is 4.42. The highest BCUT2D eigenvalue weighted by Crippen LogP contribution is 2.39. The van der Waals surface area contributed by atoms with Crippen LogP contribution in [0.2, 0.25) is 0 Å². The molecule has 0 aromatic heterocycles. The van der Waals surface area contributed by atoms with Crippen LogP contribution in [0.25, 0.3) is 0 Å². The fraction of sp³-hybridized carbons (Fsp3) is 1.00. The molecule has 0 bridgehead atoms. The van der Waals surface area contributed by atoms with E-state index in [2.05, 4.69) is 24.2 Å². The summed E-state index contributed by atoms with van der Waals surface area (Å²) >= 11 is 0. The third-order valence-electron chi connectivity index (χ3n) is 5.30. The Bertz CT molecular complexity index is 414. The Morgan fingerprint density at radius 1 is 1.25 bits per heavy atom. The standard InChI is InChI=1S/C15H30N2O2S/c1-13-4-7-15(8-5-13,11-16-2)12-17(3)14-6-9-20(18,19)10-14/h13-14,16H,4-12H2,1-3H3. The molecule has 118 valence electrons. The lowest BCUT2D eigenvalue weighted by molar-refractivity contribution is 0.0852. The van der Waals surface area contributed by atoms with Gasteiger partial charge in [0.15, 0.2) is 9.84 Å². The Hall–Kier alpha value is -0.130. The van der Waals surface area contributed by atoms with Crippen molar-refractivity contribution in [2.75, 3.05) is 38.7 Å². The van der Waals surface area contributed by atoms with E-state index in [1.807, 2.05) is 7.05 Å². The number of nitrogens with one attached hydrogen (secondary N) is 1. The Kier molecular flexibility index (Phi) is 5.14. The summed E-state index contributed by atoms with van der Waals surface area (Å²) in [5.41, 5.74) is 0.336. The Morgan fingerprint density at radius 2 is 1.90 bits per heavy atom. The van der Waals surface area contributed by atoms with E-state index in [4.69, 9.17) is 0 Å². The van der Waals surface area contributed by atoms with Crippen molar-refractivity contribution in [2.24, 2.45) is 11.3 Å². The van der Waals surface area contributed by atoms with Gasteiger partial charge in [0.2, 0.25) is 0 Å². The molecule has 1 saturated carbocycles. The molecule has 20 heavy (non-hydrogen) atoms. The van der Waals surface area contributed by atoms with Gasteiger partial charge in [-0.15, -0.1) is 0 Å². The van der Waals surface area contributed by atoms with Gasteiger partial charge in [-0.05, 0) is 44.7 Å². The average Bonchev–Trinajstić information content (AvgIpc) is 2.74. The van der Waals surface area contributed by atoms with Gasteiger partial charge >= 0.3 is 0 Å². The van der Waals surface area contributed by atoms with E-state index in [1.54, 1.807) is 0 Å². The zero-order valence-corrected chi connectivity index (χ0v) is 14.0. The molecule has 4 nitrogen and oxygen atoms in total. The first-order valence-corrected chi connectivity index (χ1v) is 9.73. The predicted octanol–water partition coefficient (Wildman–Crippen LogP) is 1.52. The molecule has 2 rings (SSSR count). The van der Waals surface area contributed by atoms with Crippen molar-refractivity contribution in [1.82, 2.24) is 10.2 Å². The lowest BCUT2D eigenvalue weighted by atomic mass is 9.70. The molecule has 0 aromatic rings. The van der Waals surface area contributed by atoms with Crippen LogP contribution in [0.5, 0.6) is 0 Å². The van der Waals surface area contributed by atoms with Crippen LogP contribution in [0.15, 0.2) is 0 Å². The number of rotatable bonds is 5. The monoisotopic (exact) mass is 302 g/mol.